The minimum atomic E-state index is -0.0127. The molecule has 2 rings (SSSR count). The molecule has 2 nitrogen and oxygen atoms in total. The summed E-state index contributed by atoms with van der Waals surface area (Å²) in [6, 6.07) is 6.59. The molecule has 1 aromatic carbocycles. The Morgan fingerprint density at radius 1 is 1.04 bits per heavy atom. The van der Waals surface area contributed by atoms with Crippen molar-refractivity contribution in [1.82, 2.24) is 0 Å². The van der Waals surface area contributed by atoms with Crippen molar-refractivity contribution in [2.75, 3.05) is 5.32 Å². The van der Waals surface area contributed by atoms with Gasteiger partial charge in [-0.2, -0.15) is 0 Å². The van der Waals surface area contributed by atoms with E-state index in [2.05, 4.69) is 85.8 Å². The van der Waals surface area contributed by atoms with Crippen molar-refractivity contribution in [1.29, 1.82) is 0 Å². The van der Waals surface area contributed by atoms with Crippen molar-refractivity contribution in [2.24, 2.45) is 23.7 Å². The minimum Gasteiger partial charge on any atom is -0.326 e. The van der Waals surface area contributed by atoms with Gasteiger partial charge in [-0.3, -0.25) is 4.79 Å². The van der Waals surface area contributed by atoms with Crippen molar-refractivity contribution in [3.05, 3.63) is 29.3 Å². The number of amides is 1. The van der Waals surface area contributed by atoms with Crippen molar-refractivity contribution in [2.45, 2.75) is 92.4 Å². The number of anilines is 1. The predicted molar refractivity (Wildman–Crippen MR) is 117 cm³/mol. The van der Waals surface area contributed by atoms with Gasteiger partial charge in [0.1, 0.15) is 0 Å². The Hall–Kier alpha value is -1.31. The van der Waals surface area contributed by atoms with Gasteiger partial charge in [0.2, 0.25) is 5.91 Å². The maximum atomic E-state index is 13.3. The summed E-state index contributed by atoms with van der Waals surface area (Å²) in [5.41, 5.74) is 3.62. The average molecular weight is 372 g/mol. The normalized spacial score (nSPS) is 24.1. The lowest BCUT2D eigenvalue weighted by Crippen LogP contribution is -2.37. The second kappa shape index (κ2) is 7.97. The number of carbonyl (C=O) groups excluding carboxylic acids is 1. The highest BCUT2D eigenvalue weighted by molar-refractivity contribution is 5.93. The molecule has 0 spiro atoms. The monoisotopic (exact) mass is 371 g/mol. The van der Waals surface area contributed by atoms with Gasteiger partial charge in [-0.05, 0) is 58.6 Å². The Balaban J connectivity index is 2.33. The maximum absolute atomic E-state index is 13.3. The summed E-state index contributed by atoms with van der Waals surface area (Å²) >= 11 is 0. The number of benzene rings is 1. The van der Waals surface area contributed by atoms with Gasteiger partial charge in [-0.15, -0.1) is 0 Å². The Labute approximate surface area is 167 Å². The van der Waals surface area contributed by atoms with E-state index in [0.717, 1.165) is 12.1 Å². The lowest BCUT2D eigenvalue weighted by Gasteiger charge is -2.37. The Morgan fingerprint density at radius 3 is 2.19 bits per heavy atom. The first-order valence-corrected chi connectivity index (χ1v) is 10.8. The summed E-state index contributed by atoms with van der Waals surface area (Å²) in [6.45, 7) is 20.2. The largest absolute Gasteiger partial charge is 0.326 e. The number of rotatable bonds is 3. The third-order valence-corrected chi connectivity index (χ3v) is 6.31. The highest BCUT2D eigenvalue weighted by Gasteiger charge is 2.36. The first-order chi connectivity index (χ1) is 12.3. The van der Waals surface area contributed by atoms with Crippen LogP contribution >= 0.6 is 0 Å². The summed E-state index contributed by atoms with van der Waals surface area (Å²) < 4.78 is 0. The van der Waals surface area contributed by atoms with Crippen molar-refractivity contribution in [3.8, 4) is 0 Å². The summed E-state index contributed by atoms with van der Waals surface area (Å²) in [4.78, 5) is 13.3. The third-order valence-electron chi connectivity index (χ3n) is 6.31. The zero-order valence-electron chi connectivity index (χ0n) is 19.1. The standard InChI is InChI=1S/C25H41NO/c1-16(2)19-12-10-17(3)14-20(19)23(27)26-22-13-11-18(24(4,5)6)15-21(22)25(7,8)9/h11,13,15-17,19-20H,10,12,14H2,1-9H3,(H,26,27). The average Bonchev–Trinajstić information content (AvgIpc) is 2.52. The van der Waals surface area contributed by atoms with E-state index in [0.29, 0.717) is 17.8 Å². The summed E-state index contributed by atoms with van der Waals surface area (Å²) in [5, 5.41) is 3.33. The van der Waals surface area contributed by atoms with Crippen LogP contribution in [0.1, 0.15) is 92.7 Å². The number of hydrogen-bond donors (Lipinski definition) is 1. The molecule has 1 aliphatic rings. The molecule has 1 amide bonds. The van der Waals surface area contributed by atoms with E-state index < -0.39 is 0 Å². The molecule has 0 saturated heterocycles. The van der Waals surface area contributed by atoms with Gasteiger partial charge in [0.25, 0.3) is 0 Å². The van der Waals surface area contributed by atoms with Crippen molar-refractivity contribution < 1.29 is 4.79 Å². The van der Waals surface area contributed by atoms with Crippen LogP contribution in [0.3, 0.4) is 0 Å². The number of carbonyl (C=O) groups is 1. The molecule has 152 valence electrons. The van der Waals surface area contributed by atoms with Crippen LogP contribution in [-0.4, -0.2) is 5.91 Å². The minimum absolute atomic E-state index is 0.0127. The first kappa shape index (κ1) is 22.0. The Morgan fingerprint density at radius 2 is 1.67 bits per heavy atom. The van der Waals surface area contributed by atoms with Crippen LogP contribution < -0.4 is 5.32 Å². The first-order valence-electron chi connectivity index (χ1n) is 10.8. The van der Waals surface area contributed by atoms with Crippen LogP contribution in [0.4, 0.5) is 5.69 Å². The third kappa shape index (κ3) is 5.36. The summed E-state index contributed by atoms with van der Waals surface area (Å²) in [6.07, 6.45) is 3.44. The highest BCUT2D eigenvalue weighted by atomic mass is 16.1. The molecule has 3 unspecified atom stereocenters. The van der Waals surface area contributed by atoms with Gasteiger partial charge >= 0.3 is 0 Å². The van der Waals surface area contributed by atoms with E-state index in [1.54, 1.807) is 0 Å². The fourth-order valence-electron chi connectivity index (χ4n) is 4.47. The fraction of sp³-hybridized carbons (Fsp3) is 0.720. The number of nitrogens with one attached hydrogen (secondary N) is 1. The molecular weight excluding hydrogens is 330 g/mol. The van der Waals surface area contributed by atoms with Crippen LogP contribution in [0.15, 0.2) is 18.2 Å². The molecule has 1 aliphatic carbocycles. The zero-order valence-corrected chi connectivity index (χ0v) is 19.1. The lowest BCUT2D eigenvalue weighted by molar-refractivity contribution is -0.124. The molecule has 0 aromatic heterocycles. The second-order valence-electron chi connectivity index (χ2n) is 11.2. The van der Waals surface area contributed by atoms with E-state index in [9.17, 15) is 4.79 Å². The predicted octanol–water partition coefficient (Wildman–Crippen LogP) is 6.93. The fourth-order valence-corrected chi connectivity index (χ4v) is 4.47. The highest BCUT2D eigenvalue weighted by Crippen LogP contribution is 2.40. The number of hydrogen-bond acceptors (Lipinski definition) is 1. The Kier molecular flexibility index (Phi) is 6.49. The van der Waals surface area contributed by atoms with Crippen molar-refractivity contribution >= 4 is 11.6 Å². The lowest BCUT2D eigenvalue weighted by atomic mass is 9.69. The van der Waals surface area contributed by atoms with Gasteiger partial charge in [-0.1, -0.05) is 80.9 Å². The van der Waals surface area contributed by atoms with Gasteiger partial charge < -0.3 is 5.32 Å². The Bertz CT molecular complexity index is 660. The molecule has 0 heterocycles. The molecule has 0 aliphatic heterocycles. The van der Waals surface area contributed by atoms with Crippen LogP contribution in [0.5, 0.6) is 0 Å². The molecule has 2 heteroatoms. The molecule has 1 fully saturated rings. The van der Waals surface area contributed by atoms with E-state index in [-0.39, 0.29) is 22.7 Å². The van der Waals surface area contributed by atoms with Gasteiger partial charge in [0.15, 0.2) is 0 Å². The smallest absolute Gasteiger partial charge is 0.227 e. The van der Waals surface area contributed by atoms with Gasteiger partial charge in [-0.25, -0.2) is 0 Å². The molecule has 3 atom stereocenters. The van der Waals surface area contributed by atoms with E-state index >= 15 is 0 Å². The summed E-state index contributed by atoms with van der Waals surface area (Å²) in [7, 11) is 0. The molecule has 1 N–H and O–H groups in total. The van der Waals surface area contributed by atoms with Crippen LogP contribution in [0, 0.1) is 23.7 Å². The maximum Gasteiger partial charge on any atom is 0.227 e. The quantitative estimate of drug-likeness (QED) is 0.613. The van der Waals surface area contributed by atoms with Crippen LogP contribution in [0.25, 0.3) is 0 Å². The van der Waals surface area contributed by atoms with Crippen molar-refractivity contribution in [3.63, 3.8) is 0 Å². The molecule has 1 aromatic rings. The topological polar surface area (TPSA) is 29.1 Å². The molecule has 27 heavy (non-hydrogen) atoms. The van der Waals surface area contributed by atoms with Crippen LogP contribution in [0.2, 0.25) is 0 Å². The second-order valence-corrected chi connectivity index (χ2v) is 11.2. The van der Waals surface area contributed by atoms with E-state index in [1.165, 1.54) is 24.0 Å². The van der Waals surface area contributed by atoms with E-state index in [1.807, 2.05) is 0 Å². The van der Waals surface area contributed by atoms with E-state index in [4.69, 9.17) is 0 Å². The van der Waals surface area contributed by atoms with Crippen LogP contribution in [-0.2, 0) is 15.6 Å². The van der Waals surface area contributed by atoms with Gasteiger partial charge in [0.05, 0.1) is 0 Å². The molecule has 1 saturated carbocycles. The zero-order chi connectivity index (χ0) is 20.6. The molecule has 0 bridgehead atoms. The molecule has 0 radical (unpaired) electrons. The SMILES string of the molecule is CC1CCC(C(C)C)C(C(=O)Nc2ccc(C(C)(C)C)cc2C(C)(C)C)C1. The van der Waals surface area contributed by atoms with Gasteiger partial charge in [0, 0.05) is 11.6 Å². The summed E-state index contributed by atoms with van der Waals surface area (Å²) in [5.74, 6) is 2.03. The molecular formula is C25H41NO.